The molecule has 0 fully saturated rings. The van der Waals surface area contributed by atoms with Crippen molar-refractivity contribution in [1.82, 2.24) is 10.2 Å². The SMILES string of the molecule is Clc1ccc(CNc2ccc(-c3nnco3)cc2)c(Br)c1. The van der Waals surface area contributed by atoms with E-state index in [9.17, 15) is 0 Å². The summed E-state index contributed by atoms with van der Waals surface area (Å²) in [6, 6.07) is 13.6. The van der Waals surface area contributed by atoms with Gasteiger partial charge in [0.25, 0.3) is 0 Å². The fourth-order valence-corrected chi connectivity index (χ4v) is 2.71. The summed E-state index contributed by atoms with van der Waals surface area (Å²) in [5.41, 5.74) is 3.05. The standard InChI is InChI=1S/C15H11BrClN3O/c16-14-7-12(17)4-1-11(14)8-18-13-5-2-10(3-6-13)15-20-19-9-21-15/h1-7,9,18H,8H2. The Morgan fingerprint density at radius 2 is 1.95 bits per heavy atom. The molecular weight excluding hydrogens is 354 g/mol. The number of hydrogen-bond acceptors (Lipinski definition) is 4. The second-order valence-electron chi connectivity index (χ2n) is 4.41. The number of hydrogen-bond donors (Lipinski definition) is 1. The van der Waals surface area contributed by atoms with E-state index in [0.717, 1.165) is 26.3 Å². The zero-order valence-electron chi connectivity index (χ0n) is 10.9. The van der Waals surface area contributed by atoms with E-state index < -0.39 is 0 Å². The van der Waals surface area contributed by atoms with E-state index >= 15 is 0 Å². The Balaban J connectivity index is 1.68. The molecule has 3 rings (SSSR count). The fraction of sp³-hybridized carbons (Fsp3) is 0.0667. The minimum atomic E-state index is 0.516. The number of anilines is 1. The summed E-state index contributed by atoms with van der Waals surface area (Å²) in [4.78, 5) is 0. The Morgan fingerprint density at radius 3 is 2.62 bits per heavy atom. The van der Waals surface area contributed by atoms with Crippen LogP contribution in [0.4, 0.5) is 5.69 Å². The van der Waals surface area contributed by atoms with Crippen LogP contribution in [0.3, 0.4) is 0 Å². The molecule has 1 aromatic heterocycles. The average Bonchev–Trinajstić information content (AvgIpc) is 3.01. The summed E-state index contributed by atoms with van der Waals surface area (Å²) >= 11 is 9.44. The van der Waals surface area contributed by atoms with E-state index in [0.29, 0.717) is 12.4 Å². The van der Waals surface area contributed by atoms with Gasteiger partial charge in [0.05, 0.1) is 0 Å². The first-order valence-corrected chi connectivity index (χ1v) is 7.44. The molecule has 4 nitrogen and oxygen atoms in total. The molecule has 1 heterocycles. The molecule has 0 aliphatic carbocycles. The van der Waals surface area contributed by atoms with Crippen LogP contribution in [0.25, 0.3) is 11.5 Å². The van der Waals surface area contributed by atoms with Crippen molar-refractivity contribution in [3.05, 3.63) is 63.9 Å². The lowest BCUT2D eigenvalue weighted by Crippen LogP contribution is -2.00. The first kappa shape index (κ1) is 14.1. The Labute approximate surface area is 135 Å². The highest BCUT2D eigenvalue weighted by molar-refractivity contribution is 9.10. The molecule has 2 aromatic carbocycles. The maximum atomic E-state index is 5.93. The van der Waals surface area contributed by atoms with Gasteiger partial charge in [-0.3, -0.25) is 0 Å². The molecule has 21 heavy (non-hydrogen) atoms. The second-order valence-corrected chi connectivity index (χ2v) is 5.70. The van der Waals surface area contributed by atoms with Gasteiger partial charge in [-0.05, 0) is 42.0 Å². The van der Waals surface area contributed by atoms with E-state index in [1.807, 2.05) is 42.5 Å². The molecule has 3 aromatic rings. The monoisotopic (exact) mass is 363 g/mol. The van der Waals surface area contributed by atoms with Gasteiger partial charge in [-0.25, -0.2) is 0 Å². The first-order chi connectivity index (χ1) is 10.2. The lowest BCUT2D eigenvalue weighted by Gasteiger charge is -2.09. The third kappa shape index (κ3) is 3.43. The number of rotatable bonds is 4. The third-order valence-electron chi connectivity index (χ3n) is 2.99. The molecule has 0 unspecified atom stereocenters. The molecule has 0 amide bonds. The van der Waals surface area contributed by atoms with Crippen LogP contribution in [0.2, 0.25) is 5.02 Å². The quantitative estimate of drug-likeness (QED) is 0.725. The predicted molar refractivity (Wildman–Crippen MR) is 86.2 cm³/mol. The van der Waals surface area contributed by atoms with Gasteiger partial charge < -0.3 is 9.73 Å². The normalized spacial score (nSPS) is 10.6. The smallest absolute Gasteiger partial charge is 0.247 e. The molecule has 0 aliphatic heterocycles. The second kappa shape index (κ2) is 6.28. The van der Waals surface area contributed by atoms with Crippen molar-refractivity contribution in [3.8, 4) is 11.5 Å². The lowest BCUT2D eigenvalue weighted by atomic mass is 10.2. The molecule has 0 bridgehead atoms. The zero-order valence-corrected chi connectivity index (χ0v) is 13.2. The van der Waals surface area contributed by atoms with E-state index in [4.69, 9.17) is 16.0 Å². The van der Waals surface area contributed by atoms with Crippen LogP contribution >= 0.6 is 27.5 Å². The van der Waals surface area contributed by atoms with Crippen molar-refractivity contribution in [2.24, 2.45) is 0 Å². The van der Waals surface area contributed by atoms with Crippen LogP contribution in [0, 0.1) is 0 Å². The molecule has 0 saturated carbocycles. The van der Waals surface area contributed by atoms with Crippen LogP contribution in [0.1, 0.15) is 5.56 Å². The van der Waals surface area contributed by atoms with E-state index in [1.54, 1.807) is 0 Å². The van der Waals surface area contributed by atoms with Crippen LogP contribution in [-0.2, 0) is 6.54 Å². The minimum absolute atomic E-state index is 0.516. The molecule has 0 aliphatic rings. The first-order valence-electron chi connectivity index (χ1n) is 6.27. The third-order valence-corrected chi connectivity index (χ3v) is 3.96. The van der Waals surface area contributed by atoms with Crippen molar-refractivity contribution in [2.75, 3.05) is 5.32 Å². The van der Waals surface area contributed by atoms with Gasteiger partial charge >= 0.3 is 0 Å². The van der Waals surface area contributed by atoms with E-state index in [1.165, 1.54) is 6.39 Å². The molecule has 0 spiro atoms. The molecule has 0 radical (unpaired) electrons. The zero-order chi connectivity index (χ0) is 14.7. The average molecular weight is 365 g/mol. The lowest BCUT2D eigenvalue weighted by molar-refractivity contribution is 0.568. The van der Waals surface area contributed by atoms with Crippen molar-refractivity contribution in [3.63, 3.8) is 0 Å². The van der Waals surface area contributed by atoms with Gasteiger partial charge in [0, 0.05) is 27.3 Å². The van der Waals surface area contributed by atoms with Gasteiger partial charge in [0.2, 0.25) is 12.3 Å². The summed E-state index contributed by atoms with van der Waals surface area (Å²) < 4.78 is 6.15. The van der Waals surface area contributed by atoms with Gasteiger partial charge in [-0.2, -0.15) is 0 Å². The summed E-state index contributed by atoms with van der Waals surface area (Å²) in [7, 11) is 0. The van der Waals surface area contributed by atoms with E-state index in [-0.39, 0.29) is 0 Å². The van der Waals surface area contributed by atoms with Gasteiger partial charge in [0.1, 0.15) is 0 Å². The highest BCUT2D eigenvalue weighted by Gasteiger charge is 2.04. The molecule has 0 saturated heterocycles. The maximum Gasteiger partial charge on any atom is 0.247 e. The predicted octanol–water partition coefficient (Wildman–Crippen LogP) is 4.76. The summed E-state index contributed by atoms with van der Waals surface area (Å²) in [5.74, 6) is 0.516. The maximum absolute atomic E-state index is 5.93. The Morgan fingerprint density at radius 1 is 1.14 bits per heavy atom. The molecule has 6 heteroatoms. The topological polar surface area (TPSA) is 51.0 Å². The summed E-state index contributed by atoms with van der Waals surface area (Å²) in [6.45, 7) is 0.706. The number of nitrogens with one attached hydrogen (secondary N) is 1. The molecule has 1 N–H and O–H groups in total. The van der Waals surface area contributed by atoms with Crippen LogP contribution in [0.5, 0.6) is 0 Å². The summed E-state index contributed by atoms with van der Waals surface area (Å²) in [6.07, 6.45) is 1.32. The molecular formula is C15H11BrClN3O. The highest BCUT2D eigenvalue weighted by Crippen LogP contribution is 2.23. The largest absolute Gasteiger partial charge is 0.423 e. The van der Waals surface area contributed by atoms with Crippen molar-refractivity contribution in [2.45, 2.75) is 6.54 Å². The molecule has 106 valence electrons. The van der Waals surface area contributed by atoms with Gasteiger partial charge in [-0.15, -0.1) is 10.2 Å². The molecule has 0 atom stereocenters. The van der Waals surface area contributed by atoms with Crippen LogP contribution < -0.4 is 5.32 Å². The number of benzene rings is 2. The Hall–Kier alpha value is -1.85. The number of halogens is 2. The fourth-order valence-electron chi connectivity index (χ4n) is 1.89. The van der Waals surface area contributed by atoms with Gasteiger partial charge in [-0.1, -0.05) is 33.6 Å². The number of nitrogens with zero attached hydrogens (tertiary/aromatic N) is 2. The van der Waals surface area contributed by atoms with E-state index in [2.05, 4.69) is 31.4 Å². The Bertz CT molecular complexity index is 729. The van der Waals surface area contributed by atoms with Crippen LogP contribution in [0.15, 0.2) is 57.7 Å². The summed E-state index contributed by atoms with van der Waals surface area (Å²) in [5, 5.41) is 11.6. The Kier molecular flexibility index (Phi) is 4.22. The highest BCUT2D eigenvalue weighted by atomic mass is 79.9. The van der Waals surface area contributed by atoms with Gasteiger partial charge in [0.15, 0.2) is 0 Å². The minimum Gasteiger partial charge on any atom is -0.423 e. The van der Waals surface area contributed by atoms with Crippen molar-refractivity contribution in [1.29, 1.82) is 0 Å². The van der Waals surface area contributed by atoms with Crippen molar-refractivity contribution < 1.29 is 4.42 Å². The van der Waals surface area contributed by atoms with Crippen LogP contribution in [-0.4, -0.2) is 10.2 Å². The van der Waals surface area contributed by atoms with Crippen molar-refractivity contribution >= 4 is 33.2 Å². The number of aromatic nitrogens is 2.